The molecule has 0 amide bonds. The fraction of sp³-hybridized carbons (Fsp3) is 1.00. The largest absolute Gasteiger partial charge is 0.377 e. The maximum absolute atomic E-state index is 10.2. The van der Waals surface area contributed by atoms with Crippen LogP contribution in [0.4, 0.5) is 0 Å². The van der Waals surface area contributed by atoms with Crippen LogP contribution < -0.4 is 5.32 Å². The minimum atomic E-state index is -0.377. The van der Waals surface area contributed by atoms with Crippen LogP contribution in [0.3, 0.4) is 0 Å². The molecule has 0 saturated carbocycles. The monoisotopic (exact) mass is 160 g/mol. The van der Waals surface area contributed by atoms with Crippen molar-refractivity contribution in [3.05, 3.63) is 10.1 Å². The first kappa shape index (κ1) is 8.42. The molecule has 11 heavy (non-hydrogen) atoms. The second-order valence-corrected chi connectivity index (χ2v) is 2.79. The van der Waals surface area contributed by atoms with Gasteiger partial charge in [0, 0.05) is 4.92 Å². The maximum Gasteiger partial charge on any atom is 0.226 e. The summed E-state index contributed by atoms with van der Waals surface area (Å²) < 4.78 is 4.92. The van der Waals surface area contributed by atoms with Crippen LogP contribution in [-0.4, -0.2) is 36.8 Å². The number of nitrogens with zero attached hydrogens (tertiary/aromatic N) is 1. The average Bonchev–Trinajstić information content (AvgIpc) is 1.82. The van der Waals surface area contributed by atoms with Crippen LogP contribution >= 0.6 is 0 Å². The van der Waals surface area contributed by atoms with E-state index in [4.69, 9.17) is 4.74 Å². The second kappa shape index (κ2) is 3.15. The van der Waals surface area contributed by atoms with Gasteiger partial charge < -0.3 is 10.1 Å². The van der Waals surface area contributed by atoms with E-state index in [1.165, 1.54) is 0 Å². The quantitative estimate of drug-likeness (QED) is 0.450. The van der Waals surface area contributed by atoms with Gasteiger partial charge in [0.1, 0.15) is 5.54 Å². The van der Waals surface area contributed by atoms with Crippen molar-refractivity contribution in [2.24, 2.45) is 0 Å². The van der Waals surface area contributed by atoms with Crippen LogP contribution in [0.15, 0.2) is 0 Å². The molecule has 5 heteroatoms. The Bertz CT molecular complexity index is 156. The molecule has 0 radical (unpaired) electrons. The highest BCUT2D eigenvalue weighted by atomic mass is 16.6. The Morgan fingerprint density at radius 2 is 2.36 bits per heavy atom. The Balaban J connectivity index is 2.39. The van der Waals surface area contributed by atoms with Crippen LogP contribution in [0.1, 0.15) is 6.92 Å². The van der Waals surface area contributed by atoms with Crippen molar-refractivity contribution in [3.8, 4) is 0 Å². The first-order chi connectivity index (χ1) is 5.18. The Morgan fingerprint density at radius 3 is 2.64 bits per heavy atom. The average molecular weight is 160 g/mol. The summed E-state index contributed by atoms with van der Waals surface area (Å²) in [5.74, 6) is 0. The fourth-order valence-electron chi connectivity index (χ4n) is 1.22. The molecule has 1 saturated heterocycles. The van der Waals surface area contributed by atoms with Crippen molar-refractivity contribution in [3.63, 3.8) is 0 Å². The number of rotatable bonds is 4. The van der Waals surface area contributed by atoms with Gasteiger partial charge >= 0.3 is 0 Å². The summed E-state index contributed by atoms with van der Waals surface area (Å²) in [4.78, 5) is 9.89. The van der Waals surface area contributed by atoms with Crippen LogP contribution in [0.2, 0.25) is 0 Å². The van der Waals surface area contributed by atoms with Gasteiger partial charge in [-0.15, -0.1) is 0 Å². The maximum atomic E-state index is 10.2. The molecule has 0 aromatic rings. The highest BCUT2D eigenvalue weighted by Gasteiger charge is 2.42. The normalized spacial score (nSPS) is 20.8. The van der Waals surface area contributed by atoms with E-state index < -0.39 is 0 Å². The zero-order valence-corrected chi connectivity index (χ0v) is 6.50. The smallest absolute Gasteiger partial charge is 0.226 e. The summed E-state index contributed by atoms with van der Waals surface area (Å²) in [6, 6.07) is 0. The van der Waals surface area contributed by atoms with Gasteiger partial charge in [-0.05, 0) is 6.54 Å². The zero-order chi connectivity index (χ0) is 8.32. The number of hydrogen-bond acceptors (Lipinski definition) is 4. The molecule has 1 aliphatic rings. The summed E-state index contributed by atoms with van der Waals surface area (Å²) >= 11 is 0. The van der Waals surface area contributed by atoms with Crippen molar-refractivity contribution < 1.29 is 9.66 Å². The van der Waals surface area contributed by atoms with E-state index in [-0.39, 0.29) is 17.0 Å². The first-order valence-electron chi connectivity index (χ1n) is 3.63. The number of nitro groups is 1. The Labute approximate surface area is 64.9 Å². The predicted octanol–water partition coefficient (Wildman–Crippen LogP) is -0.358. The van der Waals surface area contributed by atoms with E-state index in [2.05, 4.69) is 5.32 Å². The van der Waals surface area contributed by atoms with E-state index in [1.807, 2.05) is 6.92 Å². The van der Waals surface area contributed by atoms with E-state index >= 15 is 0 Å². The zero-order valence-electron chi connectivity index (χ0n) is 6.50. The number of hydrogen-bond donors (Lipinski definition) is 1. The lowest BCUT2D eigenvalue weighted by Crippen LogP contribution is -2.64. The van der Waals surface area contributed by atoms with Crippen molar-refractivity contribution in [1.82, 2.24) is 5.32 Å². The third-order valence-corrected chi connectivity index (χ3v) is 1.74. The molecule has 0 spiro atoms. The molecule has 0 atom stereocenters. The molecule has 64 valence electrons. The van der Waals surface area contributed by atoms with E-state index in [0.29, 0.717) is 13.2 Å². The highest BCUT2D eigenvalue weighted by Crippen LogP contribution is 2.16. The van der Waals surface area contributed by atoms with Gasteiger partial charge in [-0.3, -0.25) is 10.1 Å². The van der Waals surface area contributed by atoms with E-state index in [0.717, 1.165) is 6.54 Å². The van der Waals surface area contributed by atoms with Crippen LogP contribution in [0, 0.1) is 10.1 Å². The summed E-state index contributed by atoms with van der Waals surface area (Å²) in [6.07, 6.45) is 0. The molecule has 1 heterocycles. The first-order valence-corrected chi connectivity index (χ1v) is 3.63. The van der Waals surface area contributed by atoms with Gasteiger partial charge in [0.25, 0.3) is 0 Å². The Kier molecular flexibility index (Phi) is 2.41. The Hall–Kier alpha value is -0.680. The van der Waals surface area contributed by atoms with Gasteiger partial charge in [-0.25, -0.2) is 0 Å². The number of likely N-dealkylation sites (N-methyl/N-ethyl adjacent to an activating group) is 1. The van der Waals surface area contributed by atoms with Gasteiger partial charge in [0.05, 0.1) is 13.2 Å². The summed E-state index contributed by atoms with van der Waals surface area (Å²) in [5.41, 5.74) is -0.377. The van der Waals surface area contributed by atoms with Gasteiger partial charge in [-0.2, -0.15) is 0 Å². The van der Waals surface area contributed by atoms with Crippen LogP contribution in [0.5, 0.6) is 0 Å². The molecular weight excluding hydrogens is 148 g/mol. The van der Waals surface area contributed by atoms with Crippen molar-refractivity contribution in [2.75, 3.05) is 26.3 Å². The van der Waals surface area contributed by atoms with Crippen molar-refractivity contribution in [2.45, 2.75) is 12.5 Å². The minimum absolute atomic E-state index is 0.0408. The van der Waals surface area contributed by atoms with E-state index in [9.17, 15) is 10.1 Å². The molecule has 0 aromatic heterocycles. The summed E-state index contributed by atoms with van der Waals surface area (Å²) in [6.45, 7) is 3.56. The Morgan fingerprint density at radius 1 is 1.73 bits per heavy atom. The molecule has 0 aliphatic carbocycles. The molecule has 1 aliphatic heterocycles. The second-order valence-electron chi connectivity index (χ2n) is 2.79. The molecule has 1 rings (SSSR count). The third-order valence-electron chi connectivity index (χ3n) is 1.74. The minimum Gasteiger partial charge on any atom is -0.377 e. The summed E-state index contributed by atoms with van der Waals surface area (Å²) in [5, 5.41) is 13.3. The van der Waals surface area contributed by atoms with Gasteiger partial charge in [-0.1, -0.05) is 6.92 Å². The molecule has 0 bridgehead atoms. The number of ether oxygens (including phenoxy) is 1. The fourth-order valence-corrected chi connectivity index (χ4v) is 1.22. The predicted molar refractivity (Wildman–Crippen MR) is 39.1 cm³/mol. The molecule has 0 aromatic carbocycles. The number of nitrogens with one attached hydrogen (secondary N) is 1. The van der Waals surface area contributed by atoms with Crippen molar-refractivity contribution >= 4 is 0 Å². The topological polar surface area (TPSA) is 64.4 Å². The van der Waals surface area contributed by atoms with Crippen molar-refractivity contribution in [1.29, 1.82) is 0 Å². The lowest BCUT2D eigenvalue weighted by Gasteiger charge is -2.38. The lowest BCUT2D eigenvalue weighted by atomic mass is 9.98. The van der Waals surface area contributed by atoms with Crippen LogP contribution in [-0.2, 0) is 4.74 Å². The van der Waals surface area contributed by atoms with Gasteiger partial charge in [0.15, 0.2) is 0 Å². The van der Waals surface area contributed by atoms with E-state index in [1.54, 1.807) is 0 Å². The van der Waals surface area contributed by atoms with Crippen LogP contribution in [0.25, 0.3) is 0 Å². The standard InChI is InChI=1S/C6H12N2O3/c1-2-7-6(3-8(9)10)4-11-5-6/h7H,2-5H2,1H3. The third kappa shape index (κ3) is 1.87. The lowest BCUT2D eigenvalue weighted by molar-refractivity contribution is -0.498. The molecule has 1 fully saturated rings. The molecule has 1 N–H and O–H groups in total. The molecule has 5 nitrogen and oxygen atoms in total. The molecule has 0 unspecified atom stereocenters. The van der Waals surface area contributed by atoms with Gasteiger partial charge in [0.2, 0.25) is 6.54 Å². The summed E-state index contributed by atoms with van der Waals surface area (Å²) in [7, 11) is 0. The molecular formula is C6H12N2O3. The highest BCUT2D eigenvalue weighted by molar-refractivity contribution is 4.93. The SMILES string of the molecule is CCNC1(C[N+](=O)[O-])COC1.